The summed E-state index contributed by atoms with van der Waals surface area (Å²) in [5.74, 6) is -0.364. The molecule has 0 unspecified atom stereocenters. The van der Waals surface area contributed by atoms with Crippen LogP contribution in [0.1, 0.15) is 23.3 Å². The van der Waals surface area contributed by atoms with Crippen LogP contribution in [0.2, 0.25) is 0 Å². The molecule has 1 aliphatic heterocycles. The second-order valence-corrected chi connectivity index (χ2v) is 6.00. The van der Waals surface area contributed by atoms with Crippen LogP contribution >= 0.6 is 0 Å². The Hall–Kier alpha value is -3.00. The number of hydrogen-bond donors (Lipinski definition) is 2. The Bertz CT molecular complexity index is 987. The van der Waals surface area contributed by atoms with Gasteiger partial charge in [-0.05, 0) is 12.8 Å². The van der Waals surface area contributed by atoms with Crippen molar-refractivity contribution in [2.75, 3.05) is 6.61 Å². The molecule has 1 aliphatic rings. The summed E-state index contributed by atoms with van der Waals surface area (Å²) in [6.45, 7) is 1.07. The summed E-state index contributed by atoms with van der Waals surface area (Å²) >= 11 is 0. The third-order valence-corrected chi connectivity index (χ3v) is 4.30. The van der Waals surface area contributed by atoms with Crippen LogP contribution in [0.25, 0.3) is 22.6 Å². The predicted molar refractivity (Wildman–Crippen MR) is 91.1 cm³/mol. The second-order valence-electron chi connectivity index (χ2n) is 6.00. The Balaban J connectivity index is 1.91. The topological polar surface area (TPSA) is 116 Å². The molecular weight excluding hydrogens is 322 g/mol. The van der Waals surface area contributed by atoms with E-state index in [1.165, 1.54) is 4.57 Å². The molecule has 0 saturated carbocycles. The van der Waals surface area contributed by atoms with Crippen molar-refractivity contribution in [2.24, 2.45) is 5.73 Å². The highest BCUT2D eigenvalue weighted by atomic mass is 16.5. The highest BCUT2D eigenvalue weighted by Gasteiger charge is 2.23. The van der Waals surface area contributed by atoms with Gasteiger partial charge in [0.25, 0.3) is 5.91 Å². The molecule has 3 aromatic rings. The lowest BCUT2D eigenvalue weighted by atomic mass is 10.2. The summed E-state index contributed by atoms with van der Waals surface area (Å²) in [6, 6.07) is 9.25. The van der Waals surface area contributed by atoms with Gasteiger partial charge < -0.3 is 15.5 Å². The summed E-state index contributed by atoms with van der Waals surface area (Å²) in [6.07, 6.45) is 1.82. The van der Waals surface area contributed by atoms with Gasteiger partial charge >= 0.3 is 5.69 Å². The van der Waals surface area contributed by atoms with Crippen molar-refractivity contribution in [1.29, 1.82) is 0 Å². The fraction of sp³-hybridized carbons (Fsp3) is 0.294. The molecule has 1 atom stereocenters. The number of aromatic amines is 1. The van der Waals surface area contributed by atoms with Gasteiger partial charge in [0.15, 0.2) is 17.2 Å². The van der Waals surface area contributed by atoms with Crippen LogP contribution < -0.4 is 11.4 Å². The van der Waals surface area contributed by atoms with E-state index in [1.54, 1.807) is 0 Å². The van der Waals surface area contributed by atoms with E-state index >= 15 is 0 Å². The van der Waals surface area contributed by atoms with Crippen molar-refractivity contribution in [1.82, 2.24) is 19.5 Å². The SMILES string of the molecule is NC(=O)c1nc(-c2ccccc2)nc2c1[nH]c(=O)n2C[C@H]1CCCO1. The molecule has 128 valence electrons. The molecule has 3 N–H and O–H groups in total. The number of hydrogen-bond acceptors (Lipinski definition) is 5. The molecule has 8 heteroatoms. The number of ether oxygens (including phenoxy) is 1. The first kappa shape index (κ1) is 15.5. The van der Waals surface area contributed by atoms with Gasteiger partial charge in [-0.25, -0.2) is 14.8 Å². The first-order valence-corrected chi connectivity index (χ1v) is 8.11. The molecule has 0 spiro atoms. The maximum atomic E-state index is 12.4. The molecule has 1 amide bonds. The number of nitrogens with zero attached hydrogens (tertiary/aromatic N) is 3. The Morgan fingerprint density at radius 1 is 1.32 bits per heavy atom. The van der Waals surface area contributed by atoms with Gasteiger partial charge in [0.2, 0.25) is 0 Å². The van der Waals surface area contributed by atoms with Crippen LogP contribution in [0.3, 0.4) is 0 Å². The maximum Gasteiger partial charge on any atom is 0.327 e. The molecule has 2 aromatic heterocycles. The number of carbonyl (C=O) groups is 1. The standard InChI is InChI=1S/C17H17N5O3/c18-14(23)12-13-16(21-15(19-12)10-5-2-1-3-6-10)22(17(24)20-13)9-11-7-4-8-25-11/h1-3,5-6,11H,4,7-9H2,(H2,18,23)(H,20,24)/t11-/m1/s1. The van der Waals surface area contributed by atoms with E-state index in [9.17, 15) is 9.59 Å². The Kier molecular flexibility index (Phi) is 3.81. The number of imidazole rings is 1. The minimum atomic E-state index is -0.713. The first-order chi connectivity index (χ1) is 12.1. The van der Waals surface area contributed by atoms with E-state index in [0.29, 0.717) is 24.6 Å². The van der Waals surface area contributed by atoms with Crippen molar-refractivity contribution in [3.63, 3.8) is 0 Å². The highest BCUT2D eigenvalue weighted by molar-refractivity contribution is 6.01. The molecule has 25 heavy (non-hydrogen) atoms. The lowest BCUT2D eigenvalue weighted by molar-refractivity contribution is 0.0970. The highest BCUT2D eigenvalue weighted by Crippen LogP contribution is 2.21. The second kappa shape index (κ2) is 6.14. The lowest BCUT2D eigenvalue weighted by Gasteiger charge is -2.10. The van der Waals surface area contributed by atoms with Crippen molar-refractivity contribution >= 4 is 17.1 Å². The fourth-order valence-corrected chi connectivity index (χ4v) is 3.09. The van der Waals surface area contributed by atoms with Crippen LogP contribution in [0, 0.1) is 0 Å². The minimum absolute atomic E-state index is 0.00652. The maximum absolute atomic E-state index is 12.4. The molecule has 1 saturated heterocycles. The lowest BCUT2D eigenvalue weighted by Crippen LogP contribution is -2.24. The Morgan fingerprint density at radius 2 is 2.12 bits per heavy atom. The summed E-state index contributed by atoms with van der Waals surface area (Å²) < 4.78 is 7.11. The first-order valence-electron chi connectivity index (χ1n) is 8.11. The summed E-state index contributed by atoms with van der Waals surface area (Å²) in [5, 5.41) is 0. The largest absolute Gasteiger partial charge is 0.376 e. The van der Waals surface area contributed by atoms with Gasteiger partial charge in [-0.2, -0.15) is 0 Å². The van der Waals surface area contributed by atoms with E-state index in [-0.39, 0.29) is 23.0 Å². The molecular formula is C17H17N5O3. The Labute approximate surface area is 142 Å². The molecule has 0 bridgehead atoms. The van der Waals surface area contributed by atoms with Crippen LogP contribution in [-0.2, 0) is 11.3 Å². The van der Waals surface area contributed by atoms with Crippen LogP contribution in [0.4, 0.5) is 0 Å². The number of fused-ring (bicyclic) bond motifs is 1. The third kappa shape index (κ3) is 2.80. The van der Waals surface area contributed by atoms with Crippen molar-refractivity contribution < 1.29 is 9.53 Å². The molecule has 1 fully saturated rings. The van der Waals surface area contributed by atoms with Gasteiger partial charge in [-0.1, -0.05) is 30.3 Å². The number of amides is 1. The van der Waals surface area contributed by atoms with Crippen LogP contribution in [0.15, 0.2) is 35.1 Å². The van der Waals surface area contributed by atoms with Crippen molar-refractivity contribution in [3.05, 3.63) is 46.5 Å². The van der Waals surface area contributed by atoms with Gasteiger partial charge in [0, 0.05) is 12.2 Å². The number of nitrogens with two attached hydrogens (primary N) is 1. The average Bonchev–Trinajstić information content (AvgIpc) is 3.23. The summed E-state index contributed by atoms with van der Waals surface area (Å²) in [5.41, 5.74) is 6.48. The van der Waals surface area contributed by atoms with E-state index in [4.69, 9.17) is 10.5 Å². The van der Waals surface area contributed by atoms with E-state index in [1.807, 2.05) is 30.3 Å². The number of nitrogens with one attached hydrogen (secondary N) is 1. The molecule has 0 aliphatic carbocycles. The zero-order valence-corrected chi connectivity index (χ0v) is 13.4. The summed E-state index contributed by atoms with van der Waals surface area (Å²) in [4.78, 5) is 35.6. The van der Waals surface area contributed by atoms with E-state index in [0.717, 1.165) is 18.4 Å². The number of aromatic nitrogens is 4. The molecule has 0 radical (unpaired) electrons. The van der Waals surface area contributed by atoms with E-state index in [2.05, 4.69) is 15.0 Å². The smallest absolute Gasteiger partial charge is 0.327 e. The summed E-state index contributed by atoms with van der Waals surface area (Å²) in [7, 11) is 0. The van der Waals surface area contributed by atoms with Gasteiger partial charge in [-0.3, -0.25) is 9.36 Å². The molecule has 4 rings (SSSR count). The number of rotatable bonds is 4. The third-order valence-electron chi connectivity index (χ3n) is 4.30. The number of benzene rings is 1. The zero-order valence-electron chi connectivity index (χ0n) is 13.4. The Morgan fingerprint density at radius 3 is 2.80 bits per heavy atom. The van der Waals surface area contributed by atoms with Crippen LogP contribution in [-0.4, -0.2) is 38.1 Å². The normalized spacial score (nSPS) is 17.2. The van der Waals surface area contributed by atoms with E-state index < -0.39 is 5.91 Å². The van der Waals surface area contributed by atoms with Gasteiger partial charge in [-0.15, -0.1) is 0 Å². The van der Waals surface area contributed by atoms with Crippen LogP contribution in [0.5, 0.6) is 0 Å². The number of primary amides is 1. The van der Waals surface area contributed by atoms with Crippen molar-refractivity contribution in [2.45, 2.75) is 25.5 Å². The fourth-order valence-electron chi connectivity index (χ4n) is 3.09. The zero-order chi connectivity index (χ0) is 17.4. The number of H-pyrrole nitrogens is 1. The quantitative estimate of drug-likeness (QED) is 0.737. The van der Waals surface area contributed by atoms with Crippen molar-refractivity contribution in [3.8, 4) is 11.4 Å². The molecule has 3 heterocycles. The predicted octanol–water partition coefficient (Wildman–Crippen LogP) is 1.06. The monoisotopic (exact) mass is 339 g/mol. The minimum Gasteiger partial charge on any atom is -0.376 e. The number of carbonyl (C=O) groups excluding carboxylic acids is 1. The molecule has 8 nitrogen and oxygen atoms in total. The van der Waals surface area contributed by atoms with Gasteiger partial charge in [0.1, 0.15) is 5.52 Å². The van der Waals surface area contributed by atoms with Gasteiger partial charge in [0.05, 0.1) is 12.6 Å². The molecule has 1 aromatic carbocycles. The average molecular weight is 339 g/mol.